The molecule has 3 aromatic rings. The number of methoxy groups -OCH3 is 1. The van der Waals surface area contributed by atoms with Gasteiger partial charge in [-0.1, -0.05) is 6.07 Å². The number of ether oxygens (including phenoxy) is 1. The highest BCUT2D eigenvalue weighted by Crippen LogP contribution is 2.33. The molecule has 9 nitrogen and oxygen atoms in total. The molecule has 0 aliphatic carbocycles. The first kappa shape index (κ1) is 23.2. The molecule has 33 heavy (non-hydrogen) atoms. The lowest BCUT2D eigenvalue weighted by Gasteiger charge is -2.19. The van der Waals surface area contributed by atoms with Gasteiger partial charge in [0, 0.05) is 56.3 Å². The van der Waals surface area contributed by atoms with E-state index in [0.29, 0.717) is 5.52 Å². The van der Waals surface area contributed by atoms with E-state index >= 15 is 0 Å². The van der Waals surface area contributed by atoms with Crippen molar-refractivity contribution in [3.05, 3.63) is 54.4 Å². The quantitative estimate of drug-likeness (QED) is 0.544. The van der Waals surface area contributed by atoms with Crippen LogP contribution in [0, 0.1) is 0 Å². The molecule has 2 aromatic heterocycles. The van der Waals surface area contributed by atoms with E-state index in [1.807, 2.05) is 18.2 Å². The Labute approximate surface area is 193 Å². The van der Waals surface area contributed by atoms with Crippen molar-refractivity contribution in [1.82, 2.24) is 14.3 Å². The maximum absolute atomic E-state index is 13.6. The van der Waals surface area contributed by atoms with Crippen molar-refractivity contribution in [2.45, 2.75) is 29.8 Å². The average molecular weight is 473 g/mol. The molecule has 2 N–H and O–H groups in total. The summed E-state index contributed by atoms with van der Waals surface area (Å²) in [5.41, 5.74) is 3.31. The smallest absolute Gasteiger partial charge is 0.290 e. The van der Waals surface area contributed by atoms with Crippen LogP contribution in [0.1, 0.15) is 24.3 Å². The Morgan fingerprint density at radius 2 is 2.06 bits per heavy atom. The Hall–Kier alpha value is -2.95. The molecule has 0 bridgehead atoms. The van der Waals surface area contributed by atoms with Gasteiger partial charge in [-0.25, -0.2) is 12.4 Å². The molecule has 2 atom stereocenters. The van der Waals surface area contributed by atoms with Crippen molar-refractivity contribution in [3.8, 4) is 0 Å². The van der Waals surface area contributed by atoms with E-state index in [4.69, 9.17) is 14.6 Å². The summed E-state index contributed by atoms with van der Waals surface area (Å²) in [5, 5.41) is 10.2. The maximum Gasteiger partial charge on any atom is 0.290 e. The summed E-state index contributed by atoms with van der Waals surface area (Å²) in [5.74, 6) is 0.278. The number of nitrogens with zero attached hydrogens (tertiary/aromatic N) is 3. The van der Waals surface area contributed by atoms with Crippen LogP contribution in [-0.4, -0.2) is 68.3 Å². The number of hydrogen-bond acceptors (Lipinski definition) is 7. The van der Waals surface area contributed by atoms with Crippen LogP contribution in [0.25, 0.3) is 11.0 Å². The minimum Gasteiger partial charge on any atom is -0.483 e. The molecular formula is C23H28N4O5S. The third-order valence-corrected chi connectivity index (χ3v) is 7.94. The Morgan fingerprint density at radius 3 is 2.76 bits per heavy atom. The third kappa shape index (κ3) is 4.59. The monoisotopic (exact) mass is 472 g/mol. The first-order chi connectivity index (χ1) is 16.0. The van der Waals surface area contributed by atoms with E-state index in [9.17, 15) is 8.42 Å². The highest BCUT2D eigenvalue weighted by atomic mass is 32.2. The number of carboxylic acid groups (broad SMARTS) is 1. The number of pyridine rings is 1. The first-order valence-electron chi connectivity index (χ1n) is 10.9. The van der Waals surface area contributed by atoms with Gasteiger partial charge in [0.1, 0.15) is 0 Å². The first-order valence-corrected chi connectivity index (χ1v) is 12.3. The van der Waals surface area contributed by atoms with E-state index in [0.717, 1.165) is 55.8 Å². The Kier molecular flexibility index (Phi) is 6.96. The molecule has 10 heteroatoms. The molecule has 2 fully saturated rings. The molecule has 0 spiro atoms. The number of nitrogens with one attached hydrogen (secondary N) is 1. The highest BCUT2D eigenvalue weighted by Gasteiger charge is 2.28. The second-order valence-electron chi connectivity index (χ2n) is 8.14. The largest absolute Gasteiger partial charge is 0.483 e. The summed E-state index contributed by atoms with van der Waals surface area (Å²) in [6, 6.07) is 10.8. The average Bonchev–Trinajstić information content (AvgIpc) is 3.59. The van der Waals surface area contributed by atoms with Gasteiger partial charge in [0.25, 0.3) is 16.5 Å². The van der Waals surface area contributed by atoms with Gasteiger partial charge in [0.05, 0.1) is 22.0 Å². The van der Waals surface area contributed by atoms with Gasteiger partial charge >= 0.3 is 0 Å². The number of anilines is 1. The molecule has 0 amide bonds. The molecule has 176 valence electrons. The zero-order valence-electron chi connectivity index (χ0n) is 18.4. The van der Waals surface area contributed by atoms with E-state index in [-0.39, 0.29) is 23.4 Å². The lowest BCUT2D eigenvalue weighted by Crippen LogP contribution is -2.22. The fraction of sp³-hybridized carbons (Fsp3) is 0.391. The van der Waals surface area contributed by atoms with Gasteiger partial charge in [-0.2, -0.15) is 0 Å². The topological polar surface area (TPSA) is 114 Å². The second kappa shape index (κ2) is 9.90. The fourth-order valence-electron chi connectivity index (χ4n) is 4.58. The zero-order valence-corrected chi connectivity index (χ0v) is 19.2. The number of rotatable bonds is 5. The third-order valence-electron chi connectivity index (χ3n) is 6.27. The van der Waals surface area contributed by atoms with Crippen molar-refractivity contribution >= 4 is 33.2 Å². The summed E-state index contributed by atoms with van der Waals surface area (Å²) in [4.78, 5) is 15.3. The van der Waals surface area contributed by atoms with Crippen LogP contribution in [0.5, 0.6) is 0 Å². The molecule has 2 aliphatic heterocycles. The Morgan fingerprint density at radius 1 is 1.24 bits per heavy atom. The fourth-order valence-corrected chi connectivity index (χ4v) is 5.99. The Balaban J connectivity index is 0.000000821. The van der Waals surface area contributed by atoms with Crippen LogP contribution in [0.2, 0.25) is 0 Å². The summed E-state index contributed by atoms with van der Waals surface area (Å²) < 4.78 is 34.1. The van der Waals surface area contributed by atoms with E-state index < -0.39 is 10.0 Å². The van der Waals surface area contributed by atoms with Crippen LogP contribution < -0.4 is 10.2 Å². The number of aromatic nitrogens is 2. The highest BCUT2D eigenvalue weighted by molar-refractivity contribution is 7.90. The number of benzene rings is 1. The summed E-state index contributed by atoms with van der Waals surface area (Å²) >= 11 is 0. The van der Waals surface area contributed by atoms with Crippen LogP contribution >= 0.6 is 0 Å². The van der Waals surface area contributed by atoms with E-state index in [1.54, 1.807) is 37.7 Å². The zero-order chi connectivity index (χ0) is 23.4. The number of fused-ring (bicyclic) bond motifs is 1. The van der Waals surface area contributed by atoms with Gasteiger partial charge in [0.2, 0.25) is 0 Å². The normalized spacial score (nSPS) is 20.6. The molecular weight excluding hydrogens is 444 g/mol. The van der Waals surface area contributed by atoms with Gasteiger partial charge in [0.15, 0.2) is 0 Å². The van der Waals surface area contributed by atoms with E-state index in [2.05, 4.69) is 15.2 Å². The second-order valence-corrected chi connectivity index (χ2v) is 9.96. The van der Waals surface area contributed by atoms with Crippen LogP contribution in [-0.2, 0) is 19.6 Å². The van der Waals surface area contributed by atoms with Crippen molar-refractivity contribution in [1.29, 1.82) is 0 Å². The number of hydrogen-bond donors (Lipinski definition) is 2. The molecule has 0 saturated carbocycles. The standard InChI is InChI=1S/C22H26N4O3S.CH2O2/c1-29-18-8-11-25(14-18)17-4-2-5-19(12-17)30(27,28)26-15-20(16-7-10-23-13-16)22-21(26)6-3-9-24-22;2-1-3/h2-6,9,12,15-16,18,23H,7-8,10-11,13-14H2,1H3;1H,(H,2,3). The molecule has 2 saturated heterocycles. The minimum atomic E-state index is -3.75. The molecule has 2 aliphatic rings. The van der Waals surface area contributed by atoms with Crippen LogP contribution in [0.3, 0.4) is 0 Å². The van der Waals surface area contributed by atoms with Gasteiger partial charge in [-0.05, 0) is 49.7 Å². The van der Waals surface area contributed by atoms with Crippen LogP contribution in [0.15, 0.2) is 53.7 Å². The van der Waals surface area contributed by atoms with Gasteiger partial charge in [-0.3, -0.25) is 9.78 Å². The van der Waals surface area contributed by atoms with Gasteiger partial charge < -0.3 is 20.1 Å². The predicted octanol–water partition coefficient (Wildman–Crippen LogP) is 2.28. The van der Waals surface area contributed by atoms with Crippen molar-refractivity contribution < 1.29 is 23.1 Å². The summed E-state index contributed by atoms with van der Waals surface area (Å²) in [6.07, 6.45) is 5.62. The number of carbonyl (C=O) groups is 1. The summed E-state index contributed by atoms with van der Waals surface area (Å²) in [6.45, 7) is 3.17. The molecule has 4 heterocycles. The lowest BCUT2D eigenvalue weighted by atomic mass is 10.0. The van der Waals surface area contributed by atoms with E-state index in [1.165, 1.54) is 3.97 Å². The molecule has 1 aromatic carbocycles. The van der Waals surface area contributed by atoms with Crippen LogP contribution in [0.4, 0.5) is 5.69 Å². The molecule has 0 radical (unpaired) electrons. The van der Waals surface area contributed by atoms with Crippen molar-refractivity contribution in [2.75, 3.05) is 38.2 Å². The summed E-state index contributed by atoms with van der Waals surface area (Å²) in [7, 11) is -2.03. The van der Waals surface area contributed by atoms with Gasteiger partial charge in [-0.15, -0.1) is 0 Å². The van der Waals surface area contributed by atoms with Crippen molar-refractivity contribution in [2.24, 2.45) is 0 Å². The Bertz CT molecular complexity index is 1220. The molecule has 2 unspecified atom stereocenters. The lowest BCUT2D eigenvalue weighted by molar-refractivity contribution is -0.122. The maximum atomic E-state index is 13.6. The van der Waals surface area contributed by atoms with Crippen molar-refractivity contribution in [3.63, 3.8) is 0 Å². The molecule has 5 rings (SSSR count). The minimum absolute atomic E-state index is 0.187. The SMILES string of the molecule is COC1CCN(c2cccc(S(=O)(=O)n3cc(C4CCNC4)c4ncccc43)c2)C1.O=CO. The predicted molar refractivity (Wildman–Crippen MR) is 125 cm³/mol.